The number of allylic oxidation sites excluding steroid dienone is 1. The van der Waals surface area contributed by atoms with E-state index < -0.39 is 0 Å². The molecular weight excluding hydrogens is 468 g/mol. The lowest BCUT2D eigenvalue weighted by molar-refractivity contribution is -0.122. The van der Waals surface area contributed by atoms with Gasteiger partial charge in [-0.05, 0) is 43.1 Å². The van der Waals surface area contributed by atoms with Gasteiger partial charge in [-0.3, -0.25) is 14.4 Å². The summed E-state index contributed by atoms with van der Waals surface area (Å²) in [4.78, 5) is 27.1. The number of hydrogen-bond donors (Lipinski definition) is 2. The summed E-state index contributed by atoms with van der Waals surface area (Å²) in [5.74, 6) is 0.998. The molecule has 1 aliphatic heterocycles. The highest BCUT2D eigenvalue weighted by molar-refractivity contribution is 5.97. The van der Waals surface area contributed by atoms with Crippen molar-refractivity contribution in [2.75, 3.05) is 51.0 Å². The first-order valence-corrected chi connectivity index (χ1v) is 12.7. The fourth-order valence-electron chi connectivity index (χ4n) is 5.09. The minimum Gasteiger partial charge on any atom is -0.478 e. The number of nitrogens with zero attached hydrogens (tertiary/aromatic N) is 6. The molecule has 37 heavy (non-hydrogen) atoms. The second-order valence-corrected chi connectivity index (χ2v) is 9.52. The maximum absolute atomic E-state index is 13.3. The fourth-order valence-corrected chi connectivity index (χ4v) is 5.09. The quantitative estimate of drug-likeness (QED) is 0.485. The van der Waals surface area contributed by atoms with Gasteiger partial charge in [-0.1, -0.05) is 25.1 Å². The van der Waals surface area contributed by atoms with Crippen LogP contribution in [0.25, 0.3) is 5.57 Å². The molecule has 0 bridgehead atoms. The predicted octanol–water partition coefficient (Wildman–Crippen LogP) is 2.91. The average molecular weight is 503 g/mol. The number of anilines is 3. The van der Waals surface area contributed by atoms with E-state index in [9.17, 15) is 4.79 Å². The minimum absolute atomic E-state index is 0.0628. The maximum atomic E-state index is 13.3. The van der Waals surface area contributed by atoms with Crippen molar-refractivity contribution in [2.24, 2.45) is 7.05 Å². The van der Waals surface area contributed by atoms with Crippen LogP contribution in [-0.2, 0) is 18.3 Å². The zero-order chi connectivity index (χ0) is 25.9. The summed E-state index contributed by atoms with van der Waals surface area (Å²) in [6.45, 7) is 5.88. The largest absolute Gasteiger partial charge is 0.478 e. The highest BCUT2D eigenvalue weighted by Crippen LogP contribution is 2.36. The molecule has 1 amide bonds. The highest BCUT2D eigenvalue weighted by Gasteiger charge is 2.28. The smallest absolute Gasteiger partial charge is 0.256 e. The SMILES string of the molecule is CC[C@@H](C(=O)Nc1cccc2c1CC=C2c1ccnc(Nc2cn(C)nc2OC)n1)N1CCN(C)CC1. The highest BCUT2D eigenvalue weighted by atomic mass is 16.5. The van der Waals surface area contributed by atoms with Crippen LogP contribution < -0.4 is 15.4 Å². The number of ether oxygens (including phenoxy) is 1. The lowest BCUT2D eigenvalue weighted by atomic mass is 10.0. The number of carbonyl (C=O) groups excluding carboxylic acids is 1. The number of aromatic nitrogens is 4. The van der Waals surface area contributed by atoms with Crippen LogP contribution in [0.4, 0.5) is 17.3 Å². The summed E-state index contributed by atoms with van der Waals surface area (Å²) in [6, 6.07) is 7.84. The predicted molar refractivity (Wildman–Crippen MR) is 144 cm³/mol. The molecule has 0 saturated carbocycles. The van der Waals surface area contributed by atoms with Crippen molar-refractivity contribution in [3.8, 4) is 5.88 Å². The molecule has 0 radical (unpaired) electrons. The van der Waals surface area contributed by atoms with Gasteiger partial charge in [0.25, 0.3) is 5.88 Å². The number of rotatable bonds is 8. The Kier molecular flexibility index (Phi) is 7.20. The van der Waals surface area contributed by atoms with E-state index in [1.165, 1.54) is 0 Å². The molecule has 1 aliphatic carbocycles. The van der Waals surface area contributed by atoms with Crippen LogP contribution in [0.1, 0.15) is 30.2 Å². The van der Waals surface area contributed by atoms with E-state index in [1.54, 1.807) is 18.0 Å². The molecule has 5 rings (SSSR count). The van der Waals surface area contributed by atoms with Gasteiger partial charge in [0.15, 0.2) is 0 Å². The van der Waals surface area contributed by atoms with E-state index in [0.717, 1.165) is 67.1 Å². The first-order valence-electron chi connectivity index (χ1n) is 12.7. The van der Waals surface area contributed by atoms with Crippen LogP contribution in [0.5, 0.6) is 5.88 Å². The van der Waals surface area contributed by atoms with E-state index in [0.29, 0.717) is 17.5 Å². The van der Waals surface area contributed by atoms with Crippen LogP contribution in [0.15, 0.2) is 42.7 Å². The number of methoxy groups -OCH3 is 1. The number of hydrogen-bond acceptors (Lipinski definition) is 8. The summed E-state index contributed by atoms with van der Waals surface area (Å²) in [5, 5.41) is 10.7. The van der Waals surface area contributed by atoms with Crippen molar-refractivity contribution < 1.29 is 9.53 Å². The first-order chi connectivity index (χ1) is 18.0. The Balaban J connectivity index is 1.34. The van der Waals surface area contributed by atoms with Crippen LogP contribution in [0.3, 0.4) is 0 Å². The Bertz CT molecular complexity index is 1310. The molecule has 3 aromatic rings. The second-order valence-electron chi connectivity index (χ2n) is 9.52. The topological polar surface area (TPSA) is 100 Å². The number of piperazine rings is 1. The normalized spacial score (nSPS) is 16.7. The number of nitrogens with one attached hydrogen (secondary N) is 2. The molecule has 1 atom stereocenters. The summed E-state index contributed by atoms with van der Waals surface area (Å²) in [6.07, 6.45) is 7.23. The summed E-state index contributed by atoms with van der Waals surface area (Å²) in [5.41, 5.74) is 5.59. The van der Waals surface area contributed by atoms with Gasteiger partial charge in [0.2, 0.25) is 11.9 Å². The van der Waals surface area contributed by atoms with Gasteiger partial charge in [0, 0.05) is 50.7 Å². The van der Waals surface area contributed by atoms with E-state index in [2.05, 4.69) is 56.6 Å². The van der Waals surface area contributed by atoms with Crippen molar-refractivity contribution in [3.05, 3.63) is 59.6 Å². The monoisotopic (exact) mass is 502 g/mol. The Hall–Kier alpha value is -3.76. The Labute approximate surface area is 217 Å². The number of aryl methyl sites for hydroxylation is 1. The standard InChI is InChI=1S/C27H34N8O2/c1-5-24(35-15-13-33(2)14-16-35)25(36)29-21-8-6-7-18-19(21)9-10-20(18)22-11-12-28-27(30-22)31-23-17-34(3)32-26(23)37-4/h6-8,10-12,17,24H,5,9,13-16H2,1-4H3,(H,29,36)(H,28,30,31)/t24-/m0/s1. The Morgan fingerprint density at radius 3 is 2.70 bits per heavy atom. The molecule has 1 fully saturated rings. The number of carbonyl (C=O) groups is 1. The van der Waals surface area contributed by atoms with E-state index >= 15 is 0 Å². The molecule has 194 valence electrons. The van der Waals surface area contributed by atoms with E-state index in [4.69, 9.17) is 9.72 Å². The van der Waals surface area contributed by atoms with Gasteiger partial charge in [-0.15, -0.1) is 5.10 Å². The molecule has 2 N–H and O–H groups in total. The molecule has 2 aliphatic rings. The van der Waals surface area contributed by atoms with Gasteiger partial charge in [0.1, 0.15) is 5.69 Å². The molecule has 1 saturated heterocycles. The zero-order valence-electron chi connectivity index (χ0n) is 21.9. The van der Waals surface area contributed by atoms with Crippen molar-refractivity contribution in [3.63, 3.8) is 0 Å². The van der Waals surface area contributed by atoms with Crippen LogP contribution in [0, 0.1) is 0 Å². The lowest BCUT2D eigenvalue weighted by Gasteiger charge is -2.36. The van der Waals surface area contributed by atoms with Crippen molar-refractivity contribution >= 4 is 28.8 Å². The molecule has 10 heteroatoms. The number of likely N-dealkylation sites (N-methyl/N-ethyl adjacent to an activating group) is 1. The third-order valence-corrected chi connectivity index (χ3v) is 7.07. The third-order valence-electron chi connectivity index (χ3n) is 7.07. The van der Waals surface area contributed by atoms with E-state index in [-0.39, 0.29) is 11.9 Å². The van der Waals surface area contributed by atoms with Crippen LogP contribution in [0.2, 0.25) is 0 Å². The minimum atomic E-state index is -0.127. The molecule has 1 aromatic carbocycles. The molecule has 3 heterocycles. The van der Waals surface area contributed by atoms with Crippen molar-refractivity contribution in [1.29, 1.82) is 0 Å². The van der Waals surface area contributed by atoms with Crippen LogP contribution >= 0.6 is 0 Å². The van der Waals surface area contributed by atoms with Gasteiger partial charge in [-0.25, -0.2) is 9.97 Å². The maximum Gasteiger partial charge on any atom is 0.256 e. The molecule has 2 aromatic heterocycles. The van der Waals surface area contributed by atoms with Crippen LogP contribution in [-0.4, -0.2) is 81.8 Å². The van der Waals surface area contributed by atoms with Gasteiger partial charge < -0.3 is 20.3 Å². The van der Waals surface area contributed by atoms with E-state index in [1.807, 2.05) is 31.4 Å². The molecule has 0 unspecified atom stereocenters. The summed E-state index contributed by atoms with van der Waals surface area (Å²) < 4.78 is 7.00. The Morgan fingerprint density at radius 2 is 1.95 bits per heavy atom. The van der Waals surface area contributed by atoms with Gasteiger partial charge >= 0.3 is 0 Å². The molecule has 10 nitrogen and oxygen atoms in total. The first kappa shape index (κ1) is 24.9. The van der Waals surface area contributed by atoms with Gasteiger partial charge in [0.05, 0.1) is 25.0 Å². The second kappa shape index (κ2) is 10.7. The van der Waals surface area contributed by atoms with Crippen molar-refractivity contribution in [1.82, 2.24) is 29.5 Å². The fraction of sp³-hybridized carbons (Fsp3) is 0.407. The van der Waals surface area contributed by atoms with Gasteiger partial charge in [-0.2, -0.15) is 0 Å². The number of benzene rings is 1. The zero-order valence-corrected chi connectivity index (χ0v) is 21.9. The number of amides is 1. The third kappa shape index (κ3) is 5.21. The molecule has 0 spiro atoms. The number of fused-ring (bicyclic) bond motifs is 1. The average Bonchev–Trinajstić information content (AvgIpc) is 3.49. The summed E-state index contributed by atoms with van der Waals surface area (Å²) in [7, 11) is 5.54. The molecular formula is C27H34N8O2. The Morgan fingerprint density at radius 1 is 1.14 bits per heavy atom. The van der Waals surface area contributed by atoms with Crippen molar-refractivity contribution in [2.45, 2.75) is 25.8 Å². The summed E-state index contributed by atoms with van der Waals surface area (Å²) >= 11 is 0. The lowest BCUT2D eigenvalue weighted by Crippen LogP contribution is -2.52.